The van der Waals surface area contributed by atoms with Crippen LogP contribution in [0.15, 0.2) is 24.3 Å². The lowest BCUT2D eigenvalue weighted by atomic mass is 10.2. The molecule has 0 radical (unpaired) electrons. The molecule has 1 rings (SSSR count). The monoisotopic (exact) mass is 250 g/mol. The number of nitrogens with one attached hydrogen (secondary N) is 2. The van der Waals surface area contributed by atoms with Crippen molar-refractivity contribution >= 4 is 12.0 Å². The minimum Gasteiger partial charge on any atom is -0.425 e. The van der Waals surface area contributed by atoms with E-state index < -0.39 is 5.97 Å². The van der Waals surface area contributed by atoms with Crippen molar-refractivity contribution < 1.29 is 14.3 Å². The van der Waals surface area contributed by atoms with E-state index in [0.717, 1.165) is 5.56 Å². The molecule has 5 nitrogen and oxygen atoms in total. The van der Waals surface area contributed by atoms with Crippen molar-refractivity contribution in [3.8, 4) is 5.75 Å². The van der Waals surface area contributed by atoms with Crippen molar-refractivity contribution in [1.29, 1.82) is 0 Å². The van der Waals surface area contributed by atoms with E-state index in [0.29, 0.717) is 5.75 Å². The normalized spacial score (nSPS) is 10.0. The summed E-state index contributed by atoms with van der Waals surface area (Å²) in [5.74, 6) is -0.0226. The summed E-state index contributed by atoms with van der Waals surface area (Å²) in [6.45, 7) is 5.42. The first-order valence-corrected chi connectivity index (χ1v) is 5.79. The van der Waals surface area contributed by atoms with Gasteiger partial charge in [0, 0.05) is 6.04 Å². The topological polar surface area (TPSA) is 67.4 Å². The average Bonchev–Trinajstić information content (AvgIpc) is 2.25. The Morgan fingerprint density at radius 1 is 1.33 bits per heavy atom. The minimum atomic E-state index is -0.500. The first-order valence-electron chi connectivity index (χ1n) is 5.79. The van der Waals surface area contributed by atoms with Gasteiger partial charge in [-0.2, -0.15) is 0 Å². The first kappa shape index (κ1) is 14.0. The molecule has 98 valence electrons. The number of benzene rings is 1. The molecule has 2 amide bonds. The summed E-state index contributed by atoms with van der Waals surface area (Å²) in [6.07, 6.45) is 0. The van der Waals surface area contributed by atoms with E-state index in [2.05, 4.69) is 10.6 Å². The number of hydrogen-bond donors (Lipinski definition) is 2. The third kappa shape index (κ3) is 5.34. The first-order chi connectivity index (χ1) is 8.47. The molecular formula is C13H18N2O3. The molecule has 0 bridgehead atoms. The molecule has 1 aromatic rings. The van der Waals surface area contributed by atoms with Crippen molar-refractivity contribution in [1.82, 2.24) is 10.6 Å². The van der Waals surface area contributed by atoms with Crippen LogP contribution in [0.1, 0.15) is 19.4 Å². The standard InChI is InChI=1S/C13H18N2O3/c1-9(2)15-13(17)14-8-12(16)18-11-6-4-5-10(3)7-11/h4-7,9H,8H2,1-3H3,(H2,14,15,17). The summed E-state index contributed by atoms with van der Waals surface area (Å²) in [4.78, 5) is 22.7. The summed E-state index contributed by atoms with van der Waals surface area (Å²) >= 11 is 0. The van der Waals surface area contributed by atoms with E-state index in [9.17, 15) is 9.59 Å². The molecule has 0 aromatic heterocycles. The third-order valence-electron chi connectivity index (χ3n) is 2.03. The number of aryl methyl sites for hydroxylation is 1. The van der Waals surface area contributed by atoms with Gasteiger partial charge in [-0.15, -0.1) is 0 Å². The van der Waals surface area contributed by atoms with Crippen molar-refractivity contribution in [2.45, 2.75) is 26.8 Å². The van der Waals surface area contributed by atoms with Gasteiger partial charge < -0.3 is 15.4 Å². The van der Waals surface area contributed by atoms with Crippen LogP contribution in [-0.2, 0) is 4.79 Å². The fraction of sp³-hybridized carbons (Fsp3) is 0.385. The van der Waals surface area contributed by atoms with Gasteiger partial charge in [0.05, 0.1) is 0 Å². The summed E-state index contributed by atoms with van der Waals surface area (Å²) in [6, 6.07) is 6.80. The van der Waals surface area contributed by atoms with Crippen LogP contribution in [0, 0.1) is 6.92 Å². The summed E-state index contributed by atoms with van der Waals surface area (Å²) in [5.41, 5.74) is 1.01. The molecule has 0 saturated heterocycles. The number of carbonyl (C=O) groups excluding carboxylic acids is 2. The molecule has 1 aromatic carbocycles. The fourth-order valence-electron chi connectivity index (χ4n) is 1.31. The smallest absolute Gasteiger partial charge is 0.330 e. The Hall–Kier alpha value is -2.04. The van der Waals surface area contributed by atoms with Gasteiger partial charge in [-0.3, -0.25) is 0 Å². The Morgan fingerprint density at radius 3 is 2.67 bits per heavy atom. The molecule has 0 unspecified atom stereocenters. The summed E-state index contributed by atoms with van der Waals surface area (Å²) < 4.78 is 5.07. The van der Waals surface area contributed by atoms with E-state index in [1.165, 1.54) is 0 Å². The van der Waals surface area contributed by atoms with Crippen LogP contribution in [0.5, 0.6) is 5.75 Å². The zero-order chi connectivity index (χ0) is 13.5. The zero-order valence-corrected chi connectivity index (χ0v) is 10.8. The van der Waals surface area contributed by atoms with E-state index in [4.69, 9.17) is 4.74 Å². The van der Waals surface area contributed by atoms with Crippen LogP contribution in [0.3, 0.4) is 0 Å². The van der Waals surface area contributed by atoms with Crippen LogP contribution in [0.25, 0.3) is 0 Å². The fourth-order valence-corrected chi connectivity index (χ4v) is 1.31. The highest BCUT2D eigenvalue weighted by Gasteiger charge is 2.08. The van der Waals surface area contributed by atoms with Gasteiger partial charge >= 0.3 is 12.0 Å². The maximum absolute atomic E-state index is 11.4. The molecule has 5 heteroatoms. The van der Waals surface area contributed by atoms with Crippen LogP contribution < -0.4 is 15.4 Å². The Kier molecular flexibility index (Phi) is 5.17. The average molecular weight is 250 g/mol. The van der Waals surface area contributed by atoms with E-state index in [-0.39, 0.29) is 18.6 Å². The van der Waals surface area contributed by atoms with Gasteiger partial charge in [0.2, 0.25) is 0 Å². The lowest BCUT2D eigenvalue weighted by Gasteiger charge is -2.10. The number of carbonyl (C=O) groups is 2. The number of amides is 2. The van der Waals surface area contributed by atoms with Crippen LogP contribution in [0.4, 0.5) is 4.79 Å². The number of ether oxygens (including phenoxy) is 1. The highest BCUT2D eigenvalue weighted by molar-refractivity contribution is 5.81. The maximum atomic E-state index is 11.4. The van der Waals surface area contributed by atoms with Gasteiger partial charge in [-0.05, 0) is 38.5 Å². The van der Waals surface area contributed by atoms with Gasteiger partial charge in [0.15, 0.2) is 0 Å². The van der Waals surface area contributed by atoms with Crippen molar-refractivity contribution in [2.24, 2.45) is 0 Å². The SMILES string of the molecule is Cc1cccc(OC(=O)CNC(=O)NC(C)C)c1. The van der Waals surface area contributed by atoms with Crippen LogP contribution in [-0.4, -0.2) is 24.6 Å². The van der Waals surface area contributed by atoms with Crippen molar-refractivity contribution in [3.05, 3.63) is 29.8 Å². The number of esters is 1. The second kappa shape index (κ2) is 6.64. The molecule has 0 fully saturated rings. The predicted molar refractivity (Wildman–Crippen MR) is 68.5 cm³/mol. The third-order valence-corrected chi connectivity index (χ3v) is 2.03. The molecule has 18 heavy (non-hydrogen) atoms. The molecule has 0 spiro atoms. The summed E-state index contributed by atoms with van der Waals surface area (Å²) in [7, 11) is 0. The summed E-state index contributed by atoms with van der Waals surface area (Å²) in [5, 5.41) is 5.04. The van der Waals surface area contributed by atoms with Gasteiger partial charge in [0.25, 0.3) is 0 Å². The van der Waals surface area contributed by atoms with Crippen LogP contribution in [0.2, 0.25) is 0 Å². The van der Waals surface area contributed by atoms with E-state index >= 15 is 0 Å². The zero-order valence-electron chi connectivity index (χ0n) is 10.8. The lowest BCUT2D eigenvalue weighted by Crippen LogP contribution is -2.42. The number of rotatable bonds is 4. The molecule has 0 heterocycles. The quantitative estimate of drug-likeness (QED) is 0.630. The highest BCUT2D eigenvalue weighted by Crippen LogP contribution is 2.12. The van der Waals surface area contributed by atoms with E-state index in [1.807, 2.05) is 26.8 Å². The molecule has 0 atom stereocenters. The van der Waals surface area contributed by atoms with Gasteiger partial charge in [-0.25, -0.2) is 9.59 Å². The van der Waals surface area contributed by atoms with Crippen molar-refractivity contribution in [3.63, 3.8) is 0 Å². The van der Waals surface area contributed by atoms with Gasteiger partial charge in [-0.1, -0.05) is 12.1 Å². The lowest BCUT2D eigenvalue weighted by molar-refractivity contribution is -0.133. The number of urea groups is 1. The predicted octanol–water partition coefficient (Wildman–Crippen LogP) is 1.61. The molecular weight excluding hydrogens is 232 g/mol. The Bertz CT molecular complexity index is 430. The molecule has 0 aliphatic heterocycles. The second-order valence-electron chi connectivity index (χ2n) is 4.27. The Labute approximate surface area is 107 Å². The Balaban J connectivity index is 2.36. The number of hydrogen-bond acceptors (Lipinski definition) is 3. The molecule has 2 N–H and O–H groups in total. The minimum absolute atomic E-state index is 0.0257. The highest BCUT2D eigenvalue weighted by atomic mass is 16.5. The molecule has 0 aliphatic carbocycles. The Morgan fingerprint density at radius 2 is 2.06 bits per heavy atom. The largest absolute Gasteiger partial charge is 0.425 e. The van der Waals surface area contributed by atoms with Crippen molar-refractivity contribution in [2.75, 3.05) is 6.54 Å². The molecule has 0 saturated carbocycles. The second-order valence-corrected chi connectivity index (χ2v) is 4.27. The maximum Gasteiger partial charge on any atom is 0.330 e. The van der Waals surface area contributed by atoms with Crippen LogP contribution >= 0.6 is 0 Å². The molecule has 0 aliphatic rings. The van der Waals surface area contributed by atoms with E-state index in [1.54, 1.807) is 18.2 Å². The van der Waals surface area contributed by atoms with Gasteiger partial charge in [0.1, 0.15) is 12.3 Å².